The molecule has 0 spiro atoms. The number of hydrogen-bond donors (Lipinski definition) is 1. The van der Waals surface area contributed by atoms with Crippen LogP contribution < -0.4 is 4.74 Å². The Morgan fingerprint density at radius 1 is 1.43 bits per heavy atom. The molecule has 0 atom stereocenters. The predicted octanol–water partition coefficient (Wildman–Crippen LogP) is 2.48. The predicted molar refractivity (Wildman–Crippen MR) is 58.3 cm³/mol. The lowest BCUT2D eigenvalue weighted by molar-refractivity contribution is 0.304. The van der Waals surface area contributed by atoms with Gasteiger partial charge < -0.3 is 9.84 Å². The molecule has 1 aromatic carbocycles. The van der Waals surface area contributed by atoms with Crippen molar-refractivity contribution in [3.05, 3.63) is 35.9 Å². The van der Waals surface area contributed by atoms with Gasteiger partial charge in [0.15, 0.2) is 0 Å². The molecule has 0 bridgehead atoms. The lowest BCUT2D eigenvalue weighted by Crippen LogP contribution is -1.93. The first kappa shape index (κ1) is 10.8. The number of hydrogen-bond acceptors (Lipinski definition) is 2. The molecule has 0 aromatic heterocycles. The van der Waals surface area contributed by atoms with Gasteiger partial charge in [0.1, 0.15) is 5.75 Å². The summed E-state index contributed by atoms with van der Waals surface area (Å²) >= 11 is 0. The summed E-state index contributed by atoms with van der Waals surface area (Å²) in [5.41, 5.74) is 2.18. The summed E-state index contributed by atoms with van der Waals surface area (Å²) < 4.78 is 5.25. The fraction of sp³-hybridized carbons (Fsp3) is 0.333. The van der Waals surface area contributed by atoms with Crippen molar-refractivity contribution in [3.8, 4) is 5.75 Å². The highest BCUT2D eigenvalue weighted by Crippen LogP contribution is 2.27. The van der Waals surface area contributed by atoms with Gasteiger partial charge in [0.05, 0.1) is 7.11 Å². The normalized spacial score (nSPS) is 11.5. The largest absolute Gasteiger partial charge is 0.496 e. The van der Waals surface area contributed by atoms with Crippen LogP contribution >= 0.6 is 0 Å². The summed E-state index contributed by atoms with van der Waals surface area (Å²) in [6, 6.07) is 7.84. The van der Waals surface area contributed by atoms with E-state index < -0.39 is 0 Å². The molecule has 0 saturated carbocycles. The number of allylic oxidation sites excluding steroid dienone is 1. The minimum atomic E-state index is 0.164. The smallest absolute Gasteiger partial charge is 0.126 e. The van der Waals surface area contributed by atoms with Crippen molar-refractivity contribution in [1.82, 2.24) is 0 Å². The van der Waals surface area contributed by atoms with Gasteiger partial charge >= 0.3 is 0 Å². The van der Waals surface area contributed by atoms with Crippen LogP contribution in [0.15, 0.2) is 30.3 Å². The van der Waals surface area contributed by atoms with Crippen LogP contribution in [0, 0.1) is 0 Å². The van der Waals surface area contributed by atoms with Crippen molar-refractivity contribution < 1.29 is 9.84 Å². The van der Waals surface area contributed by atoms with Crippen molar-refractivity contribution in [2.75, 3.05) is 13.7 Å². The second-order valence-corrected chi connectivity index (χ2v) is 2.99. The SMILES string of the molecule is C/C=C(/CCO)c1ccccc1OC. The van der Waals surface area contributed by atoms with Gasteiger partial charge in [-0.2, -0.15) is 0 Å². The molecule has 0 aliphatic rings. The van der Waals surface area contributed by atoms with E-state index in [9.17, 15) is 0 Å². The third kappa shape index (κ3) is 2.36. The van der Waals surface area contributed by atoms with E-state index in [2.05, 4.69) is 0 Å². The van der Waals surface area contributed by atoms with Gasteiger partial charge in [0.2, 0.25) is 0 Å². The molecule has 1 rings (SSSR count). The molecule has 0 aliphatic carbocycles. The summed E-state index contributed by atoms with van der Waals surface area (Å²) in [6.45, 7) is 2.13. The number of para-hydroxylation sites is 1. The molecular weight excluding hydrogens is 176 g/mol. The highest BCUT2D eigenvalue weighted by Gasteiger charge is 2.05. The number of methoxy groups -OCH3 is 1. The molecule has 1 N–H and O–H groups in total. The second kappa shape index (κ2) is 5.45. The summed E-state index contributed by atoms with van der Waals surface area (Å²) in [4.78, 5) is 0. The quantitative estimate of drug-likeness (QED) is 0.794. The first-order valence-electron chi connectivity index (χ1n) is 4.73. The lowest BCUT2D eigenvalue weighted by Gasteiger charge is -2.10. The summed E-state index contributed by atoms with van der Waals surface area (Å²) in [7, 11) is 1.66. The molecular formula is C12H16O2. The van der Waals surface area contributed by atoms with Crippen molar-refractivity contribution in [1.29, 1.82) is 0 Å². The Morgan fingerprint density at radius 2 is 2.14 bits per heavy atom. The molecule has 0 radical (unpaired) electrons. The maximum Gasteiger partial charge on any atom is 0.126 e. The molecule has 2 heteroatoms. The Bertz CT molecular complexity index is 316. The van der Waals surface area contributed by atoms with Crippen LogP contribution in [-0.4, -0.2) is 18.8 Å². The van der Waals surface area contributed by atoms with Crippen molar-refractivity contribution in [2.24, 2.45) is 0 Å². The maximum absolute atomic E-state index is 8.91. The van der Waals surface area contributed by atoms with Crippen molar-refractivity contribution >= 4 is 5.57 Å². The van der Waals surface area contributed by atoms with Crippen LogP contribution in [0.5, 0.6) is 5.75 Å². The molecule has 0 fully saturated rings. The van der Waals surface area contributed by atoms with Gasteiger partial charge in [0, 0.05) is 12.2 Å². The number of aliphatic hydroxyl groups is 1. The van der Waals surface area contributed by atoms with E-state index in [0.717, 1.165) is 16.9 Å². The van der Waals surface area contributed by atoms with Gasteiger partial charge in [-0.25, -0.2) is 0 Å². The first-order valence-corrected chi connectivity index (χ1v) is 4.73. The van der Waals surface area contributed by atoms with E-state index in [1.165, 1.54) is 0 Å². The Labute approximate surface area is 84.8 Å². The fourth-order valence-corrected chi connectivity index (χ4v) is 1.46. The van der Waals surface area contributed by atoms with E-state index in [1.807, 2.05) is 37.3 Å². The number of aliphatic hydroxyl groups excluding tert-OH is 1. The molecule has 2 nitrogen and oxygen atoms in total. The molecule has 0 aliphatic heterocycles. The molecule has 0 amide bonds. The van der Waals surface area contributed by atoms with Crippen LogP contribution in [0.25, 0.3) is 5.57 Å². The van der Waals surface area contributed by atoms with Gasteiger partial charge in [-0.3, -0.25) is 0 Å². The average molecular weight is 192 g/mol. The Morgan fingerprint density at radius 3 is 2.71 bits per heavy atom. The van der Waals surface area contributed by atoms with Gasteiger partial charge in [-0.15, -0.1) is 0 Å². The minimum absolute atomic E-state index is 0.164. The Kier molecular flexibility index (Phi) is 4.20. The maximum atomic E-state index is 8.91. The van der Waals surface area contributed by atoms with E-state index >= 15 is 0 Å². The van der Waals surface area contributed by atoms with E-state index in [1.54, 1.807) is 7.11 Å². The monoisotopic (exact) mass is 192 g/mol. The Balaban J connectivity index is 3.03. The van der Waals surface area contributed by atoms with E-state index in [-0.39, 0.29) is 6.61 Å². The summed E-state index contributed by atoms with van der Waals surface area (Å²) in [5.74, 6) is 0.856. The lowest BCUT2D eigenvalue weighted by atomic mass is 10.0. The molecule has 0 unspecified atom stereocenters. The fourth-order valence-electron chi connectivity index (χ4n) is 1.46. The van der Waals surface area contributed by atoms with Gasteiger partial charge in [-0.05, 0) is 25.0 Å². The van der Waals surface area contributed by atoms with E-state index in [0.29, 0.717) is 6.42 Å². The van der Waals surface area contributed by atoms with Crippen LogP contribution in [-0.2, 0) is 0 Å². The zero-order valence-corrected chi connectivity index (χ0v) is 8.66. The second-order valence-electron chi connectivity index (χ2n) is 2.99. The number of ether oxygens (including phenoxy) is 1. The Hall–Kier alpha value is -1.28. The zero-order valence-electron chi connectivity index (χ0n) is 8.66. The topological polar surface area (TPSA) is 29.5 Å². The molecule has 1 aromatic rings. The van der Waals surface area contributed by atoms with Crippen LogP contribution in [0.2, 0.25) is 0 Å². The van der Waals surface area contributed by atoms with Crippen molar-refractivity contribution in [3.63, 3.8) is 0 Å². The molecule has 14 heavy (non-hydrogen) atoms. The van der Waals surface area contributed by atoms with Crippen molar-refractivity contribution in [2.45, 2.75) is 13.3 Å². The third-order valence-corrected chi connectivity index (χ3v) is 2.18. The number of benzene rings is 1. The van der Waals surface area contributed by atoms with Crippen LogP contribution in [0.3, 0.4) is 0 Å². The number of rotatable bonds is 4. The first-order chi connectivity index (χ1) is 6.83. The average Bonchev–Trinajstić information content (AvgIpc) is 2.26. The highest BCUT2D eigenvalue weighted by molar-refractivity contribution is 5.70. The summed E-state index contributed by atoms with van der Waals surface area (Å²) in [5, 5.41) is 8.91. The summed E-state index contributed by atoms with van der Waals surface area (Å²) in [6.07, 6.45) is 2.67. The minimum Gasteiger partial charge on any atom is -0.496 e. The van der Waals surface area contributed by atoms with Gasteiger partial charge in [0.25, 0.3) is 0 Å². The molecule has 76 valence electrons. The standard InChI is InChI=1S/C12H16O2/c1-3-10(8-9-13)11-6-4-5-7-12(11)14-2/h3-7,13H,8-9H2,1-2H3/b10-3-. The highest BCUT2D eigenvalue weighted by atomic mass is 16.5. The third-order valence-electron chi connectivity index (χ3n) is 2.18. The molecule has 0 heterocycles. The van der Waals surface area contributed by atoms with Crippen LogP contribution in [0.4, 0.5) is 0 Å². The van der Waals surface area contributed by atoms with E-state index in [4.69, 9.17) is 9.84 Å². The zero-order chi connectivity index (χ0) is 10.4. The van der Waals surface area contributed by atoms with Gasteiger partial charge in [-0.1, -0.05) is 24.3 Å². The van der Waals surface area contributed by atoms with Crippen LogP contribution in [0.1, 0.15) is 18.9 Å². The molecule has 0 saturated heterocycles.